The van der Waals surface area contributed by atoms with Gasteiger partial charge in [-0.05, 0) is 43.7 Å². The van der Waals surface area contributed by atoms with Gasteiger partial charge in [0, 0.05) is 11.6 Å². The van der Waals surface area contributed by atoms with Crippen molar-refractivity contribution >= 4 is 17.5 Å². The minimum Gasteiger partial charge on any atom is -0.295 e. The molecule has 0 atom stereocenters. The maximum absolute atomic E-state index is 14.0. The molecule has 0 bridgehead atoms. The molecule has 1 aromatic heterocycles. The fourth-order valence-corrected chi connectivity index (χ4v) is 2.83. The van der Waals surface area contributed by atoms with Gasteiger partial charge in [-0.15, -0.1) is 5.10 Å². The predicted octanol–water partition coefficient (Wildman–Crippen LogP) is 2.40. The van der Waals surface area contributed by atoms with Crippen LogP contribution < -0.4 is 5.69 Å². The minimum absolute atomic E-state index is 0.170. The number of halogens is 1. The highest BCUT2D eigenvalue weighted by atomic mass is 32.2. The zero-order chi connectivity index (χ0) is 14.3. The molecule has 7 heteroatoms. The quantitative estimate of drug-likeness (QED) is 0.879. The summed E-state index contributed by atoms with van der Waals surface area (Å²) in [5.74, 6) is -0.671. The van der Waals surface area contributed by atoms with Gasteiger partial charge in [-0.1, -0.05) is 6.07 Å². The Morgan fingerprint density at radius 1 is 1.50 bits per heavy atom. The van der Waals surface area contributed by atoms with Gasteiger partial charge >= 0.3 is 5.69 Å². The Balaban J connectivity index is 1.92. The lowest BCUT2D eigenvalue weighted by Gasteiger charge is -2.05. The Morgan fingerprint density at radius 2 is 2.25 bits per heavy atom. The highest BCUT2D eigenvalue weighted by molar-refractivity contribution is 7.99. The number of nitrogens with one attached hydrogen (secondary N) is 1. The first-order chi connectivity index (χ1) is 9.56. The third kappa shape index (κ3) is 2.40. The molecule has 1 saturated carbocycles. The number of H-pyrrole nitrogens is 1. The summed E-state index contributed by atoms with van der Waals surface area (Å²) < 4.78 is 15.5. The molecule has 0 saturated heterocycles. The van der Waals surface area contributed by atoms with E-state index in [1.165, 1.54) is 19.1 Å². The second-order valence-electron chi connectivity index (χ2n) is 4.72. The van der Waals surface area contributed by atoms with Crippen LogP contribution >= 0.6 is 11.8 Å². The zero-order valence-electron chi connectivity index (χ0n) is 10.7. The Bertz CT molecular complexity index is 733. The van der Waals surface area contributed by atoms with E-state index in [0.29, 0.717) is 15.6 Å². The summed E-state index contributed by atoms with van der Waals surface area (Å²) in [6, 6.07) is 4.48. The number of Topliss-reactive ketones (excluding diaryl/α,β-unsaturated/α-hetero) is 1. The van der Waals surface area contributed by atoms with Gasteiger partial charge in [0.2, 0.25) is 0 Å². The smallest absolute Gasteiger partial charge is 0.295 e. The van der Waals surface area contributed by atoms with E-state index in [-0.39, 0.29) is 17.5 Å². The summed E-state index contributed by atoms with van der Waals surface area (Å²) in [6.45, 7) is 1.39. The Morgan fingerprint density at radius 3 is 2.85 bits per heavy atom. The van der Waals surface area contributed by atoms with Crippen molar-refractivity contribution in [3.63, 3.8) is 0 Å². The summed E-state index contributed by atoms with van der Waals surface area (Å²) in [5, 5.41) is 6.76. The van der Waals surface area contributed by atoms with Crippen LogP contribution in [0.3, 0.4) is 0 Å². The molecule has 20 heavy (non-hydrogen) atoms. The van der Waals surface area contributed by atoms with Crippen LogP contribution in [-0.2, 0) is 0 Å². The normalized spacial score (nSPS) is 14.5. The Labute approximate surface area is 118 Å². The van der Waals surface area contributed by atoms with Crippen molar-refractivity contribution in [3.05, 3.63) is 40.1 Å². The van der Waals surface area contributed by atoms with Crippen molar-refractivity contribution in [3.8, 4) is 0 Å². The number of benzene rings is 1. The van der Waals surface area contributed by atoms with E-state index in [1.54, 1.807) is 10.6 Å². The molecule has 1 heterocycles. The van der Waals surface area contributed by atoms with Crippen molar-refractivity contribution in [1.29, 1.82) is 0 Å². The van der Waals surface area contributed by atoms with Crippen LogP contribution in [0, 0.1) is 5.82 Å². The molecule has 1 aliphatic carbocycles. The molecule has 1 aliphatic rings. The summed E-state index contributed by atoms with van der Waals surface area (Å²) in [6.07, 6.45) is 1.89. The van der Waals surface area contributed by atoms with E-state index in [9.17, 15) is 14.0 Å². The molecule has 0 aliphatic heterocycles. The van der Waals surface area contributed by atoms with Crippen LogP contribution in [-0.4, -0.2) is 20.5 Å². The minimum atomic E-state index is -0.486. The molecule has 5 nitrogen and oxygen atoms in total. The molecular weight excluding hydrogens is 281 g/mol. The number of carbonyl (C=O) groups is 1. The number of aromatic nitrogens is 3. The van der Waals surface area contributed by atoms with E-state index < -0.39 is 5.82 Å². The van der Waals surface area contributed by atoms with E-state index in [1.807, 2.05) is 0 Å². The predicted molar refractivity (Wildman–Crippen MR) is 71.6 cm³/mol. The van der Waals surface area contributed by atoms with E-state index in [4.69, 9.17) is 0 Å². The maximum atomic E-state index is 14.0. The van der Waals surface area contributed by atoms with Crippen molar-refractivity contribution in [2.45, 2.75) is 35.9 Å². The van der Waals surface area contributed by atoms with Crippen LogP contribution in [0.4, 0.5) is 4.39 Å². The Kier molecular flexibility index (Phi) is 3.21. The molecule has 104 valence electrons. The van der Waals surface area contributed by atoms with E-state index in [0.717, 1.165) is 24.6 Å². The summed E-state index contributed by atoms with van der Waals surface area (Å²) in [7, 11) is 0. The number of rotatable bonds is 4. The molecule has 0 radical (unpaired) electrons. The van der Waals surface area contributed by atoms with Crippen LogP contribution in [0.2, 0.25) is 0 Å². The number of hydrogen-bond donors (Lipinski definition) is 1. The standard InChI is InChI=1S/C13H12FN3O2S/c1-7(18)8-2-5-11(10(14)6-8)20-13-16-15-12(19)17(13)9-3-4-9/h2,5-6,9H,3-4H2,1H3,(H,15,19). The number of aromatic amines is 1. The van der Waals surface area contributed by atoms with E-state index >= 15 is 0 Å². The lowest BCUT2D eigenvalue weighted by Crippen LogP contribution is -2.16. The van der Waals surface area contributed by atoms with Gasteiger partial charge in [-0.3, -0.25) is 9.36 Å². The Hall–Kier alpha value is -1.89. The molecule has 0 amide bonds. The molecule has 0 unspecified atom stereocenters. The van der Waals surface area contributed by atoms with Gasteiger partial charge in [-0.25, -0.2) is 14.3 Å². The fraction of sp³-hybridized carbons (Fsp3) is 0.308. The van der Waals surface area contributed by atoms with Crippen LogP contribution in [0.15, 0.2) is 33.0 Å². The van der Waals surface area contributed by atoms with Crippen LogP contribution in [0.5, 0.6) is 0 Å². The first-order valence-electron chi connectivity index (χ1n) is 6.21. The number of carbonyl (C=O) groups excluding carboxylic acids is 1. The molecule has 1 N–H and O–H groups in total. The van der Waals surface area contributed by atoms with Gasteiger partial charge < -0.3 is 0 Å². The third-order valence-corrected chi connectivity index (χ3v) is 4.15. The SMILES string of the molecule is CC(=O)c1ccc(Sc2n[nH]c(=O)n2C2CC2)c(F)c1. The number of nitrogens with zero attached hydrogens (tertiary/aromatic N) is 2. The molecule has 1 fully saturated rings. The number of hydrogen-bond acceptors (Lipinski definition) is 4. The fourth-order valence-electron chi connectivity index (χ4n) is 1.92. The topological polar surface area (TPSA) is 67.8 Å². The van der Waals surface area contributed by atoms with Crippen LogP contribution in [0.25, 0.3) is 0 Å². The zero-order valence-corrected chi connectivity index (χ0v) is 11.5. The van der Waals surface area contributed by atoms with Gasteiger partial charge in [0.15, 0.2) is 10.9 Å². The molecule has 0 spiro atoms. The van der Waals surface area contributed by atoms with Crippen molar-refractivity contribution in [2.24, 2.45) is 0 Å². The van der Waals surface area contributed by atoms with E-state index in [2.05, 4.69) is 10.2 Å². The van der Waals surface area contributed by atoms with Gasteiger partial charge in [-0.2, -0.15) is 0 Å². The van der Waals surface area contributed by atoms with Crippen molar-refractivity contribution in [1.82, 2.24) is 14.8 Å². The molecule has 1 aromatic carbocycles. The summed E-state index contributed by atoms with van der Waals surface area (Å²) >= 11 is 1.08. The van der Waals surface area contributed by atoms with Gasteiger partial charge in [0.05, 0.1) is 4.90 Å². The maximum Gasteiger partial charge on any atom is 0.344 e. The lowest BCUT2D eigenvalue weighted by molar-refractivity contribution is 0.101. The van der Waals surface area contributed by atoms with Crippen LogP contribution in [0.1, 0.15) is 36.2 Å². The second kappa shape index (κ2) is 4.90. The monoisotopic (exact) mass is 293 g/mol. The third-order valence-electron chi connectivity index (χ3n) is 3.12. The van der Waals surface area contributed by atoms with Gasteiger partial charge in [0.1, 0.15) is 5.82 Å². The van der Waals surface area contributed by atoms with Crippen molar-refractivity contribution in [2.75, 3.05) is 0 Å². The highest BCUT2D eigenvalue weighted by Gasteiger charge is 2.29. The second-order valence-corrected chi connectivity index (χ2v) is 5.73. The largest absolute Gasteiger partial charge is 0.344 e. The first-order valence-corrected chi connectivity index (χ1v) is 7.03. The molecule has 3 rings (SSSR count). The molecule has 2 aromatic rings. The lowest BCUT2D eigenvalue weighted by atomic mass is 10.1. The van der Waals surface area contributed by atoms with Gasteiger partial charge in [0.25, 0.3) is 0 Å². The average molecular weight is 293 g/mol. The highest BCUT2D eigenvalue weighted by Crippen LogP contribution is 2.38. The van der Waals surface area contributed by atoms with Crippen molar-refractivity contribution < 1.29 is 9.18 Å². The first kappa shape index (κ1) is 13.1. The average Bonchev–Trinajstić information content (AvgIpc) is 3.17. The summed E-state index contributed by atoms with van der Waals surface area (Å²) in [4.78, 5) is 23.2. The number of ketones is 1. The summed E-state index contributed by atoms with van der Waals surface area (Å²) in [5.41, 5.74) is 0.0595. The molecular formula is C13H12FN3O2S.